The Morgan fingerprint density at radius 2 is 1.91 bits per heavy atom. The van der Waals surface area contributed by atoms with Gasteiger partial charge >= 0.3 is 5.97 Å². The highest BCUT2D eigenvalue weighted by atomic mass is 16.5. The molecule has 0 amide bonds. The number of hydrogen-bond donors (Lipinski definition) is 0. The van der Waals surface area contributed by atoms with Gasteiger partial charge in [0.25, 0.3) is 0 Å². The largest absolute Gasteiger partial charge is 0.466 e. The van der Waals surface area contributed by atoms with Crippen molar-refractivity contribution in [3.63, 3.8) is 0 Å². The third kappa shape index (κ3) is 4.69. The second-order valence-corrected chi connectivity index (χ2v) is 8.19. The van der Waals surface area contributed by atoms with Crippen molar-refractivity contribution in [2.24, 2.45) is 10.8 Å². The van der Waals surface area contributed by atoms with Crippen LogP contribution >= 0.6 is 0 Å². The molecule has 1 saturated heterocycles. The first-order valence-corrected chi connectivity index (χ1v) is 9.33. The maximum Gasteiger partial charge on any atom is 0.312 e. The van der Waals surface area contributed by atoms with Crippen LogP contribution in [0.25, 0.3) is 0 Å². The molecule has 0 unspecified atom stereocenters. The SMILES string of the molecule is CCOC(=O)C1(CCOC)CCN([C@H]2CCCC(C)(C)C2)CC1. The highest BCUT2D eigenvalue weighted by Gasteiger charge is 2.44. The molecule has 0 aromatic rings. The van der Waals surface area contributed by atoms with E-state index >= 15 is 0 Å². The van der Waals surface area contributed by atoms with E-state index in [1.54, 1.807) is 7.11 Å². The minimum atomic E-state index is -0.327. The monoisotopic (exact) mass is 325 g/mol. The number of nitrogens with zero attached hydrogens (tertiary/aromatic N) is 1. The minimum absolute atomic E-state index is 0.0133. The first-order valence-electron chi connectivity index (χ1n) is 9.33. The van der Waals surface area contributed by atoms with Crippen LogP contribution in [-0.2, 0) is 14.3 Å². The van der Waals surface area contributed by atoms with Gasteiger partial charge in [0.15, 0.2) is 0 Å². The Morgan fingerprint density at radius 1 is 1.22 bits per heavy atom. The van der Waals surface area contributed by atoms with Crippen LogP contribution in [0.5, 0.6) is 0 Å². The van der Waals surface area contributed by atoms with Crippen LogP contribution in [0.4, 0.5) is 0 Å². The number of esters is 1. The molecule has 0 aromatic carbocycles. The van der Waals surface area contributed by atoms with Crippen molar-refractivity contribution in [2.45, 2.75) is 71.8 Å². The Kier molecular flexibility index (Phi) is 6.49. The van der Waals surface area contributed by atoms with Crippen molar-refractivity contribution < 1.29 is 14.3 Å². The van der Waals surface area contributed by atoms with Crippen LogP contribution in [0.1, 0.15) is 65.7 Å². The number of hydrogen-bond acceptors (Lipinski definition) is 4. The molecule has 2 rings (SSSR count). The summed E-state index contributed by atoms with van der Waals surface area (Å²) in [5, 5.41) is 0. The molecule has 1 saturated carbocycles. The van der Waals surface area contributed by atoms with Gasteiger partial charge in [-0.25, -0.2) is 0 Å². The molecule has 1 heterocycles. The molecule has 134 valence electrons. The fraction of sp³-hybridized carbons (Fsp3) is 0.947. The van der Waals surface area contributed by atoms with E-state index in [-0.39, 0.29) is 11.4 Å². The third-order valence-electron chi connectivity index (χ3n) is 5.94. The number of piperidine rings is 1. The predicted molar refractivity (Wildman–Crippen MR) is 92.4 cm³/mol. The zero-order valence-corrected chi connectivity index (χ0v) is 15.5. The summed E-state index contributed by atoms with van der Waals surface area (Å²) in [6.45, 7) is 9.81. The molecule has 2 aliphatic rings. The first kappa shape index (κ1) is 18.7. The van der Waals surface area contributed by atoms with Crippen molar-refractivity contribution in [1.82, 2.24) is 4.90 Å². The molecule has 4 heteroatoms. The van der Waals surface area contributed by atoms with E-state index in [2.05, 4.69) is 18.7 Å². The number of likely N-dealkylation sites (tertiary alicyclic amines) is 1. The average molecular weight is 325 g/mol. The number of carbonyl (C=O) groups excluding carboxylic acids is 1. The summed E-state index contributed by atoms with van der Waals surface area (Å²) in [7, 11) is 1.71. The van der Waals surface area contributed by atoms with Gasteiger partial charge in [-0.3, -0.25) is 4.79 Å². The van der Waals surface area contributed by atoms with Crippen LogP contribution in [0.15, 0.2) is 0 Å². The molecule has 2 fully saturated rings. The standard InChI is InChI=1S/C19H35NO3/c1-5-23-17(21)19(11-14-22-4)9-12-20(13-10-19)16-7-6-8-18(2,3)15-16/h16H,5-15H2,1-4H3/t16-/m0/s1. The van der Waals surface area contributed by atoms with Gasteiger partial charge in [0.1, 0.15) is 0 Å². The molecule has 0 aromatic heterocycles. The maximum atomic E-state index is 12.5. The number of methoxy groups -OCH3 is 1. The smallest absolute Gasteiger partial charge is 0.312 e. The van der Waals surface area contributed by atoms with E-state index in [1.807, 2.05) is 6.92 Å². The normalized spacial score (nSPS) is 27.6. The van der Waals surface area contributed by atoms with Crippen LogP contribution < -0.4 is 0 Å². The van der Waals surface area contributed by atoms with Crippen molar-refractivity contribution in [2.75, 3.05) is 33.4 Å². The Hall–Kier alpha value is -0.610. The molecule has 0 bridgehead atoms. The summed E-state index contributed by atoms with van der Waals surface area (Å²) in [5.41, 5.74) is 0.140. The van der Waals surface area contributed by atoms with Crippen molar-refractivity contribution >= 4 is 5.97 Å². The predicted octanol–water partition coefficient (Wildman–Crippen LogP) is 3.64. The maximum absolute atomic E-state index is 12.5. The Morgan fingerprint density at radius 3 is 2.48 bits per heavy atom. The van der Waals surface area contributed by atoms with Crippen LogP contribution in [0.3, 0.4) is 0 Å². The van der Waals surface area contributed by atoms with Crippen molar-refractivity contribution in [3.8, 4) is 0 Å². The lowest BCUT2D eigenvalue weighted by molar-refractivity contribution is -0.160. The average Bonchev–Trinajstić information content (AvgIpc) is 2.52. The van der Waals surface area contributed by atoms with E-state index in [9.17, 15) is 4.79 Å². The molecular formula is C19H35NO3. The summed E-state index contributed by atoms with van der Waals surface area (Å²) in [6, 6.07) is 0.696. The fourth-order valence-electron chi connectivity index (χ4n) is 4.42. The molecule has 4 nitrogen and oxygen atoms in total. The van der Waals surface area contributed by atoms with Crippen molar-refractivity contribution in [1.29, 1.82) is 0 Å². The van der Waals surface area contributed by atoms with Gasteiger partial charge in [0, 0.05) is 19.8 Å². The Labute approximate surface area is 141 Å². The summed E-state index contributed by atoms with van der Waals surface area (Å²) in [4.78, 5) is 15.1. The quantitative estimate of drug-likeness (QED) is 0.699. The van der Waals surface area contributed by atoms with Gasteiger partial charge in [0.2, 0.25) is 0 Å². The molecule has 0 radical (unpaired) electrons. The zero-order chi connectivity index (χ0) is 16.9. The Balaban J connectivity index is 1.97. The molecule has 1 atom stereocenters. The second-order valence-electron chi connectivity index (χ2n) is 8.19. The summed E-state index contributed by atoms with van der Waals surface area (Å²) in [6.07, 6.45) is 7.88. The van der Waals surface area contributed by atoms with Gasteiger partial charge in [-0.1, -0.05) is 20.3 Å². The van der Waals surface area contributed by atoms with Crippen LogP contribution in [0, 0.1) is 10.8 Å². The summed E-state index contributed by atoms with van der Waals surface area (Å²) >= 11 is 0. The van der Waals surface area contributed by atoms with E-state index in [0.717, 1.165) is 32.4 Å². The molecule has 0 N–H and O–H groups in total. The first-order chi connectivity index (χ1) is 10.9. The molecule has 1 aliphatic carbocycles. The summed E-state index contributed by atoms with van der Waals surface area (Å²) in [5.74, 6) is -0.0133. The molecule has 1 aliphatic heterocycles. The molecule has 0 spiro atoms. The lowest BCUT2D eigenvalue weighted by Crippen LogP contribution is -2.50. The van der Waals surface area contributed by atoms with Gasteiger partial charge in [-0.15, -0.1) is 0 Å². The lowest BCUT2D eigenvalue weighted by Gasteiger charge is -2.46. The van der Waals surface area contributed by atoms with Gasteiger partial charge in [0.05, 0.1) is 12.0 Å². The molecular weight excluding hydrogens is 290 g/mol. The Bertz CT molecular complexity index is 386. The molecule has 23 heavy (non-hydrogen) atoms. The second kappa shape index (κ2) is 7.98. The van der Waals surface area contributed by atoms with Gasteiger partial charge in [-0.05, 0) is 64.0 Å². The minimum Gasteiger partial charge on any atom is -0.466 e. The third-order valence-corrected chi connectivity index (χ3v) is 5.94. The number of ether oxygens (including phenoxy) is 2. The van der Waals surface area contributed by atoms with Gasteiger partial charge in [-0.2, -0.15) is 0 Å². The van der Waals surface area contributed by atoms with Crippen LogP contribution in [0.2, 0.25) is 0 Å². The highest BCUT2D eigenvalue weighted by Crippen LogP contribution is 2.41. The zero-order valence-electron chi connectivity index (χ0n) is 15.5. The topological polar surface area (TPSA) is 38.8 Å². The van der Waals surface area contributed by atoms with Crippen molar-refractivity contribution in [3.05, 3.63) is 0 Å². The van der Waals surface area contributed by atoms with E-state index in [0.29, 0.717) is 24.7 Å². The van der Waals surface area contributed by atoms with E-state index in [1.165, 1.54) is 25.7 Å². The highest BCUT2D eigenvalue weighted by molar-refractivity contribution is 5.77. The van der Waals surface area contributed by atoms with Gasteiger partial charge < -0.3 is 14.4 Å². The summed E-state index contributed by atoms with van der Waals surface area (Å²) < 4.78 is 10.6. The van der Waals surface area contributed by atoms with E-state index < -0.39 is 0 Å². The number of carbonyl (C=O) groups is 1. The lowest BCUT2D eigenvalue weighted by atomic mass is 9.72. The van der Waals surface area contributed by atoms with Crippen LogP contribution in [-0.4, -0.2) is 50.3 Å². The van der Waals surface area contributed by atoms with E-state index in [4.69, 9.17) is 9.47 Å². The number of rotatable bonds is 6. The fourth-order valence-corrected chi connectivity index (χ4v) is 4.42.